The highest BCUT2D eigenvalue weighted by atomic mass is 35.5. The lowest BCUT2D eigenvalue weighted by Crippen LogP contribution is -2.51. The second kappa shape index (κ2) is 13.0. The number of methoxy groups -OCH3 is 1. The van der Waals surface area contributed by atoms with Gasteiger partial charge < -0.3 is 15.0 Å². The number of benzene rings is 3. The molecule has 3 aromatic carbocycles. The number of aryl methyl sites for hydroxylation is 2. The van der Waals surface area contributed by atoms with Gasteiger partial charge in [-0.3, -0.25) is 13.9 Å². The van der Waals surface area contributed by atoms with Gasteiger partial charge in [0, 0.05) is 13.6 Å². The van der Waals surface area contributed by atoms with Crippen LogP contribution in [0.4, 0.5) is 5.69 Å². The van der Waals surface area contributed by atoms with Crippen LogP contribution in [0.25, 0.3) is 0 Å². The molecule has 10 heteroatoms. The van der Waals surface area contributed by atoms with Gasteiger partial charge in [0.25, 0.3) is 10.0 Å². The van der Waals surface area contributed by atoms with Gasteiger partial charge in [0.1, 0.15) is 18.3 Å². The lowest BCUT2D eigenvalue weighted by molar-refractivity contribution is -0.140. The first-order chi connectivity index (χ1) is 18.5. The Bertz CT molecular complexity index is 1430. The molecule has 39 heavy (non-hydrogen) atoms. The van der Waals surface area contributed by atoms with Crippen molar-refractivity contribution in [3.63, 3.8) is 0 Å². The maximum Gasteiger partial charge on any atom is 0.264 e. The van der Waals surface area contributed by atoms with Crippen molar-refractivity contribution in [2.45, 2.75) is 44.7 Å². The van der Waals surface area contributed by atoms with Gasteiger partial charge in [-0.05, 0) is 56.2 Å². The van der Waals surface area contributed by atoms with E-state index in [4.69, 9.17) is 16.3 Å². The van der Waals surface area contributed by atoms with Crippen molar-refractivity contribution < 1.29 is 22.7 Å². The topological polar surface area (TPSA) is 96.0 Å². The van der Waals surface area contributed by atoms with E-state index in [2.05, 4.69) is 5.32 Å². The fraction of sp³-hybridized carbons (Fsp3) is 0.310. The van der Waals surface area contributed by atoms with E-state index in [0.29, 0.717) is 12.2 Å². The van der Waals surface area contributed by atoms with Crippen molar-refractivity contribution in [2.24, 2.45) is 0 Å². The molecule has 3 aromatic rings. The molecule has 0 bridgehead atoms. The van der Waals surface area contributed by atoms with Crippen LogP contribution in [-0.2, 0) is 26.2 Å². The van der Waals surface area contributed by atoms with Crippen molar-refractivity contribution in [3.05, 3.63) is 88.4 Å². The zero-order valence-electron chi connectivity index (χ0n) is 22.8. The van der Waals surface area contributed by atoms with Gasteiger partial charge in [-0.2, -0.15) is 0 Å². The van der Waals surface area contributed by atoms with E-state index in [1.807, 2.05) is 38.1 Å². The number of likely N-dealkylation sites (N-methyl/N-ethyl adjacent to an activating group) is 1. The minimum absolute atomic E-state index is 0.0245. The lowest BCUT2D eigenvalue weighted by atomic mass is 10.1. The number of amides is 2. The van der Waals surface area contributed by atoms with Gasteiger partial charge in [0.05, 0.1) is 22.7 Å². The van der Waals surface area contributed by atoms with E-state index in [0.717, 1.165) is 21.0 Å². The summed E-state index contributed by atoms with van der Waals surface area (Å²) >= 11 is 6.35. The molecule has 0 unspecified atom stereocenters. The molecular formula is C29H34ClN3O5S. The van der Waals surface area contributed by atoms with Crippen molar-refractivity contribution in [1.29, 1.82) is 0 Å². The number of nitrogens with one attached hydrogen (secondary N) is 1. The average molecular weight is 572 g/mol. The molecule has 0 saturated heterocycles. The molecular weight excluding hydrogens is 538 g/mol. The molecule has 0 radical (unpaired) electrons. The van der Waals surface area contributed by atoms with E-state index in [1.54, 1.807) is 25.1 Å². The summed E-state index contributed by atoms with van der Waals surface area (Å²) in [5.41, 5.74) is 2.92. The van der Waals surface area contributed by atoms with Gasteiger partial charge in [0.2, 0.25) is 11.8 Å². The largest absolute Gasteiger partial charge is 0.495 e. The van der Waals surface area contributed by atoms with E-state index in [1.165, 1.54) is 43.3 Å². The lowest BCUT2D eigenvalue weighted by Gasteiger charge is -2.33. The molecule has 0 aromatic heterocycles. The number of carbonyl (C=O) groups is 2. The summed E-state index contributed by atoms with van der Waals surface area (Å²) in [5, 5.41) is 2.81. The molecule has 1 atom stereocenters. The summed E-state index contributed by atoms with van der Waals surface area (Å²) in [7, 11) is -1.22. The minimum atomic E-state index is -4.19. The summed E-state index contributed by atoms with van der Waals surface area (Å²) in [6.45, 7) is 5.19. The average Bonchev–Trinajstić information content (AvgIpc) is 2.91. The third-order valence-corrected chi connectivity index (χ3v) is 8.46. The zero-order valence-corrected chi connectivity index (χ0v) is 24.3. The molecule has 0 aliphatic rings. The van der Waals surface area contributed by atoms with Crippen LogP contribution in [0.2, 0.25) is 5.02 Å². The molecule has 2 amide bonds. The fourth-order valence-electron chi connectivity index (χ4n) is 4.27. The number of ether oxygens (including phenoxy) is 1. The van der Waals surface area contributed by atoms with Gasteiger partial charge in [-0.15, -0.1) is 0 Å². The van der Waals surface area contributed by atoms with Crippen molar-refractivity contribution in [3.8, 4) is 5.75 Å². The summed E-state index contributed by atoms with van der Waals surface area (Å²) in [6.07, 6.45) is 0.344. The maximum absolute atomic E-state index is 14.0. The van der Waals surface area contributed by atoms with Crippen molar-refractivity contribution in [1.82, 2.24) is 10.2 Å². The molecule has 8 nitrogen and oxygen atoms in total. The second-order valence-electron chi connectivity index (χ2n) is 9.19. The predicted molar refractivity (Wildman–Crippen MR) is 154 cm³/mol. The van der Waals surface area contributed by atoms with Gasteiger partial charge >= 0.3 is 0 Å². The fourth-order valence-corrected chi connectivity index (χ4v) is 5.93. The monoisotopic (exact) mass is 571 g/mol. The predicted octanol–water partition coefficient (Wildman–Crippen LogP) is 4.71. The smallest absolute Gasteiger partial charge is 0.264 e. The summed E-state index contributed by atoms with van der Waals surface area (Å²) in [5.74, 6) is -0.500. The van der Waals surface area contributed by atoms with Crippen molar-refractivity contribution >= 4 is 39.1 Å². The van der Waals surface area contributed by atoms with Gasteiger partial charge in [-0.1, -0.05) is 66.0 Å². The quantitative estimate of drug-likeness (QED) is 0.359. The minimum Gasteiger partial charge on any atom is -0.495 e. The number of sulfonamides is 1. The van der Waals surface area contributed by atoms with E-state index >= 15 is 0 Å². The molecule has 0 aliphatic carbocycles. The first-order valence-electron chi connectivity index (χ1n) is 12.5. The van der Waals surface area contributed by atoms with Gasteiger partial charge in [-0.25, -0.2) is 8.42 Å². The summed E-state index contributed by atoms with van der Waals surface area (Å²) in [4.78, 5) is 28.2. The maximum atomic E-state index is 14.0. The number of nitrogens with zero attached hydrogens (tertiary/aromatic N) is 2. The van der Waals surface area contributed by atoms with Crippen LogP contribution < -0.4 is 14.4 Å². The zero-order chi connectivity index (χ0) is 28.7. The van der Waals surface area contributed by atoms with Crippen LogP contribution in [0.5, 0.6) is 5.75 Å². The van der Waals surface area contributed by atoms with Crippen LogP contribution in [0.15, 0.2) is 71.6 Å². The molecule has 0 aliphatic heterocycles. The molecule has 0 heterocycles. The van der Waals surface area contributed by atoms with Crippen LogP contribution >= 0.6 is 11.6 Å². The Labute approximate surface area is 235 Å². The number of hydrogen-bond donors (Lipinski definition) is 1. The van der Waals surface area contributed by atoms with E-state index < -0.39 is 28.5 Å². The number of rotatable bonds is 11. The highest BCUT2D eigenvalue weighted by molar-refractivity contribution is 7.92. The van der Waals surface area contributed by atoms with Crippen LogP contribution in [-0.4, -0.2) is 51.9 Å². The molecule has 0 saturated carbocycles. The number of halogens is 1. The first-order valence-corrected chi connectivity index (χ1v) is 14.3. The molecule has 1 N–H and O–H groups in total. The Morgan fingerprint density at radius 2 is 1.69 bits per heavy atom. The molecule has 0 fully saturated rings. The first kappa shape index (κ1) is 30.0. The second-order valence-corrected chi connectivity index (χ2v) is 11.5. The van der Waals surface area contributed by atoms with E-state index in [-0.39, 0.29) is 28.1 Å². The Balaban J connectivity index is 2.10. The number of hydrogen-bond acceptors (Lipinski definition) is 5. The SMILES string of the molecule is CC[C@H](C(=O)NC)N(Cc1cccc(C)c1)C(=O)CN(c1ccc(OC)c(Cl)c1)S(=O)(=O)c1ccc(C)cc1. The normalized spacial score (nSPS) is 11.9. The molecule has 0 spiro atoms. The number of carbonyl (C=O) groups excluding carboxylic acids is 2. The Morgan fingerprint density at radius 1 is 1.00 bits per heavy atom. The highest BCUT2D eigenvalue weighted by Gasteiger charge is 2.33. The molecule has 3 rings (SSSR count). The standard InChI is InChI=1S/C29H34ClN3O5S/c1-6-26(29(35)31-4)32(18-22-9-7-8-21(3)16-22)28(34)19-33(23-12-15-27(38-5)25(30)17-23)39(36,37)24-13-10-20(2)11-14-24/h7-17,26H,6,18-19H2,1-5H3,(H,31,35)/t26-/m1/s1. The number of anilines is 1. The molecule has 208 valence electrons. The third-order valence-electron chi connectivity index (χ3n) is 6.38. The summed E-state index contributed by atoms with van der Waals surface area (Å²) < 4.78 is 34.0. The van der Waals surface area contributed by atoms with Gasteiger partial charge in [0.15, 0.2) is 0 Å². The Kier molecular flexibility index (Phi) is 9.99. The highest BCUT2D eigenvalue weighted by Crippen LogP contribution is 2.32. The van der Waals surface area contributed by atoms with E-state index in [9.17, 15) is 18.0 Å². The van der Waals surface area contributed by atoms with Crippen LogP contribution in [0.3, 0.4) is 0 Å². The Hall–Kier alpha value is -3.56. The Morgan fingerprint density at radius 3 is 2.26 bits per heavy atom. The van der Waals surface area contributed by atoms with Crippen LogP contribution in [0, 0.1) is 13.8 Å². The van der Waals surface area contributed by atoms with Crippen molar-refractivity contribution in [2.75, 3.05) is 25.0 Å². The van der Waals surface area contributed by atoms with Crippen LogP contribution in [0.1, 0.15) is 30.0 Å². The summed E-state index contributed by atoms with van der Waals surface area (Å²) in [6, 6.07) is 17.7. The third kappa shape index (κ3) is 7.10.